The van der Waals surface area contributed by atoms with Crippen molar-refractivity contribution >= 4 is 43.2 Å². The van der Waals surface area contributed by atoms with Crippen LogP contribution in [0.15, 0.2) is 92.6 Å². The Morgan fingerprint density at radius 2 is 1.67 bits per heavy atom. The second kappa shape index (κ2) is 10.3. The molecule has 4 rings (SSSR count). The standard InChI is InChI=1S/C22H19NO6S3.Na/c24-22-16-8-1-4-11-19(16)32(28,29)20(22)12-5-6-13-21-23(14-7-15-31(25,26)27)17-9-2-3-10-18(17)30-21;/h1-6,8-13H,7,14-15H2,(H,25,26,27);/q;+1/p-1/b6-5+,20-12-,21-13+;. The zero-order valence-corrected chi connectivity index (χ0v) is 22.1. The molecule has 2 heterocycles. The van der Waals surface area contributed by atoms with Crippen LogP contribution in [0.5, 0.6) is 0 Å². The van der Waals surface area contributed by atoms with Crippen molar-refractivity contribution in [2.24, 2.45) is 0 Å². The largest absolute Gasteiger partial charge is 1.00 e. The van der Waals surface area contributed by atoms with E-state index in [0.29, 0.717) is 6.54 Å². The summed E-state index contributed by atoms with van der Waals surface area (Å²) in [5.41, 5.74) is 1.08. The number of nitrogens with zero attached hydrogens (tertiary/aromatic N) is 1. The molecule has 33 heavy (non-hydrogen) atoms. The number of anilines is 1. The molecule has 11 heteroatoms. The van der Waals surface area contributed by atoms with Gasteiger partial charge in [-0.25, -0.2) is 16.8 Å². The van der Waals surface area contributed by atoms with Crippen molar-refractivity contribution in [2.45, 2.75) is 16.2 Å². The summed E-state index contributed by atoms with van der Waals surface area (Å²) in [6, 6.07) is 13.7. The molecule has 0 aliphatic carbocycles. The second-order valence-corrected chi connectivity index (χ2v) is 11.6. The van der Waals surface area contributed by atoms with E-state index >= 15 is 0 Å². The first-order chi connectivity index (χ1) is 15.2. The van der Waals surface area contributed by atoms with Crippen LogP contribution in [0, 0.1) is 0 Å². The summed E-state index contributed by atoms with van der Waals surface area (Å²) in [4.78, 5) is 15.1. The average molecular weight is 512 g/mol. The van der Waals surface area contributed by atoms with E-state index in [0.717, 1.165) is 15.6 Å². The molecule has 0 saturated heterocycles. The van der Waals surface area contributed by atoms with Gasteiger partial charge in [0, 0.05) is 22.8 Å². The van der Waals surface area contributed by atoms with E-state index in [9.17, 15) is 26.2 Å². The normalized spacial score (nSPS) is 19.2. The molecule has 0 N–H and O–H groups in total. The van der Waals surface area contributed by atoms with Crippen molar-refractivity contribution < 1.29 is 55.7 Å². The molecule has 2 aromatic carbocycles. The second-order valence-electron chi connectivity index (χ2n) is 7.09. The number of carbonyl (C=O) groups excluding carboxylic acids is 1. The Kier molecular flexibility index (Phi) is 8.11. The Balaban J connectivity index is 0.00000306. The number of ketones is 1. The van der Waals surface area contributed by atoms with Gasteiger partial charge in [0.25, 0.3) is 0 Å². The van der Waals surface area contributed by atoms with Crippen LogP contribution in [0.3, 0.4) is 0 Å². The smallest absolute Gasteiger partial charge is 0.748 e. The van der Waals surface area contributed by atoms with Gasteiger partial charge in [-0.1, -0.05) is 48.2 Å². The molecule has 7 nitrogen and oxygen atoms in total. The molecule has 2 aromatic rings. The van der Waals surface area contributed by atoms with Crippen molar-refractivity contribution in [3.8, 4) is 0 Å². The minimum atomic E-state index is -4.29. The molecule has 0 aromatic heterocycles. The maximum Gasteiger partial charge on any atom is 1.00 e. The van der Waals surface area contributed by atoms with Gasteiger partial charge >= 0.3 is 29.6 Å². The van der Waals surface area contributed by atoms with Crippen molar-refractivity contribution in [3.63, 3.8) is 0 Å². The molecular formula is C22H18NNaO6S3. The number of rotatable bonds is 6. The monoisotopic (exact) mass is 511 g/mol. The third-order valence-electron chi connectivity index (χ3n) is 4.94. The van der Waals surface area contributed by atoms with Gasteiger partial charge in [-0.15, -0.1) is 0 Å². The molecule has 0 unspecified atom stereocenters. The minimum Gasteiger partial charge on any atom is -0.748 e. The van der Waals surface area contributed by atoms with Gasteiger partial charge in [0.05, 0.1) is 25.7 Å². The molecule has 0 fully saturated rings. The molecule has 0 saturated carbocycles. The number of para-hydroxylation sites is 1. The number of fused-ring (bicyclic) bond motifs is 2. The summed E-state index contributed by atoms with van der Waals surface area (Å²) >= 11 is 1.48. The molecule has 2 aliphatic heterocycles. The Bertz CT molecular complexity index is 1390. The van der Waals surface area contributed by atoms with Crippen molar-refractivity contribution in [2.75, 3.05) is 17.2 Å². The van der Waals surface area contributed by atoms with E-state index in [1.165, 1.54) is 36.0 Å². The van der Waals surface area contributed by atoms with Gasteiger partial charge < -0.3 is 9.45 Å². The molecule has 0 atom stereocenters. The van der Waals surface area contributed by atoms with Crippen LogP contribution in [0.2, 0.25) is 0 Å². The van der Waals surface area contributed by atoms with Crippen LogP contribution >= 0.6 is 11.8 Å². The van der Waals surface area contributed by atoms with Gasteiger partial charge in [0.2, 0.25) is 15.6 Å². The average Bonchev–Trinajstić information content (AvgIpc) is 3.18. The van der Waals surface area contributed by atoms with E-state index in [4.69, 9.17) is 0 Å². The van der Waals surface area contributed by atoms with Crippen LogP contribution in [0.4, 0.5) is 5.69 Å². The molecular weight excluding hydrogens is 493 g/mol. The molecule has 0 bridgehead atoms. The molecule has 166 valence electrons. The first-order valence-corrected chi connectivity index (χ1v) is 13.5. The van der Waals surface area contributed by atoms with Crippen molar-refractivity contribution in [3.05, 3.63) is 88.3 Å². The van der Waals surface area contributed by atoms with Crippen LogP contribution in [-0.2, 0) is 20.0 Å². The SMILES string of the molecule is O=C1/C(=C/C=C/C=C2/Sc3ccccc3N2CCCS(=O)(=O)[O-])S(=O)(=O)c2ccccc21.[Na+]. The summed E-state index contributed by atoms with van der Waals surface area (Å²) in [5.74, 6) is -0.979. The predicted molar refractivity (Wildman–Crippen MR) is 122 cm³/mol. The quantitative estimate of drug-likeness (QED) is 0.313. The number of benzene rings is 2. The molecule has 0 amide bonds. The van der Waals surface area contributed by atoms with Crippen LogP contribution in [0.25, 0.3) is 0 Å². The summed E-state index contributed by atoms with van der Waals surface area (Å²) in [7, 11) is -8.13. The maximum absolute atomic E-state index is 12.6. The number of allylic oxidation sites excluding steroid dienone is 5. The van der Waals surface area contributed by atoms with Crippen LogP contribution in [-0.4, -0.2) is 39.5 Å². The maximum atomic E-state index is 12.6. The van der Waals surface area contributed by atoms with E-state index in [1.807, 2.05) is 29.2 Å². The van der Waals surface area contributed by atoms with Crippen molar-refractivity contribution in [1.29, 1.82) is 0 Å². The minimum absolute atomic E-state index is 0. The van der Waals surface area contributed by atoms with E-state index in [1.54, 1.807) is 24.3 Å². The van der Waals surface area contributed by atoms with Gasteiger partial charge in [-0.05, 0) is 42.8 Å². The summed E-state index contributed by atoms with van der Waals surface area (Å²) < 4.78 is 58.1. The zero-order valence-electron chi connectivity index (χ0n) is 17.7. The number of hydrogen-bond donors (Lipinski definition) is 0. The van der Waals surface area contributed by atoms with Crippen molar-refractivity contribution in [1.82, 2.24) is 0 Å². The first-order valence-electron chi connectivity index (χ1n) is 9.64. The van der Waals surface area contributed by atoms with Crippen LogP contribution in [0.1, 0.15) is 16.8 Å². The van der Waals surface area contributed by atoms with Gasteiger partial charge in [-0.3, -0.25) is 4.79 Å². The van der Waals surface area contributed by atoms with Gasteiger partial charge in [-0.2, -0.15) is 0 Å². The fourth-order valence-corrected chi connectivity index (χ4v) is 6.66. The third kappa shape index (κ3) is 5.54. The first kappa shape index (κ1) is 26.0. The Labute approximate surface area is 219 Å². The summed E-state index contributed by atoms with van der Waals surface area (Å²) in [6.07, 6.45) is 6.34. The number of hydrogen-bond acceptors (Lipinski definition) is 8. The molecule has 0 spiro atoms. The van der Waals surface area contributed by atoms with Gasteiger partial charge in [0.15, 0.2) is 0 Å². The predicted octanol–water partition coefficient (Wildman–Crippen LogP) is 0.490. The Morgan fingerprint density at radius 1 is 1.00 bits per heavy atom. The molecule has 0 radical (unpaired) electrons. The van der Waals surface area contributed by atoms with E-state index < -0.39 is 31.5 Å². The topological polar surface area (TPSA) is 112 Å². The number of Topliss-reactive ketones (excluding diaryl/α,β-unsaturated/α-hetero) is 1. The Morgan fingerprint density at radius 3 is 2.39 bits per heavy atom. The third-order valence-corrected chi connectivity index (χ3v) is 8.70. The van der Waals surface area contributed by atoms with Crippen LogP contribution < -0.4 is 34.5 Å². The van der Waals surface area contributed by atoms with E-state index in [-0.39, 0.29) is 51.3 Å². The summed E-state index contributed by atoms with van der Waals surface area (Å²) in [6.45, 7) is 0.342. The fraction of sp³-hybridized carbons (Fsp3) is 0.136. The van der Waals surface area contributed by atoms with Gasteiger partial charge in [0.1, 0.15) is 4.91 Å². The zero-order chi connectivity index (χ0) is 22.9. The van der Waals surface area contributed by atoms with E-state index in [2.05, 4.69) is 0 Å². The number of carbonyl (C=O) groups is 1. The molecule has 2 aliphatic rings. The fourth-order valence-electron chi connectivity index (χ4n) is 3.51. The number of thioether (sulfide) groups is 1. The number of sulfone groups is 1. The Hall–Kier alpha value is -1.66. The summed E-state index contributed by atoms with van der Waals surface area (Å²) in [5, 5.41) is 0.799.